The number of likely N-dealkylation sites (N-methyl/N-ethyl adjacent to an activating group) is 1. The molecule has 1 aromatic rings. The molecule has 3 N–H and O–H groups in total. The number of hydrogen-bond acceptors (Lipinski definition) is 4. The Morgan fingerprint density at radius 2 is 2.32 bits per heavy atom. The number of pyridine rings is 1. The Kier molecular flexibility index (Phi) is 6.86. The Bertz CT molecular complexity index is 579. The van der Waals surface area contributed by atoms with E-state index in [-0.39, 0.29) is 18.4 Å². The van der Waals surface area contributed by atoms with Crippen molar-refractivity contribution in [3.63, 3.8) is 0 Å². The van der Waals surface area contributed by atoms with Crippen molar-refractivity contribution in [2.24, 2.45) is 10.7 Å². The largest absolute Gasteiger partial charge is 0.468 e. The van der Waals surface area contributed by atoms with E-state index in [9.17, 15) is 13.2 Å². The second kappa shape index (κ2) is 8.89. The van der Waals surface area contributed by atoms with E-state index in [1.807, 2.05) is 0 Å². The van der Waals surface area contributed by atoms with Crippen LogP contribution in [-0.2, 0) is 6.54 Å². The van der Waals surface area contributed by atoms with Crippen LogP contribution in [0.4, 0.5) is 13.2 Å². The lowest BCUT2D eigenvalue weighted by atomic mass is 10.2. The maximum Gasteiger partial charge on any atom is 0.422 e. The van der Waals surface area contributed by atoms with E-state index in [1.165, 1.54) is 12.6 Å². The average Bonchev–Trinajstić information content (AvgIpc) is 3.04. The average molecular weight is 359 g/mol. The zero-order chi connectivity index (χ0) is 18.3. The highest BCUT2D eigenvalue weighted by atomic mass is 19.4. The predicted molar refractivity (Wildman–Crippen MR) is 89.4 cm³/mol. The van der Waals surface area contributed by atoms with E-state index in [0.29, 0.717) is 18.2 Å². The molecule has 25 heavy (non-hydrogen) atoms. The molecule has 0 aliphatic carbocycles. The number of aromatic nitrogens is 1. The minimum atomic E-state index is -4.41. The van der Waals surface area contributed by atoms with Crippen molar-refractivity contribution < 1.29 is 17.9 Å². The molecule has 1 unspecified atom stereocenters. The molecule has 2 heterocycles. The Morgan fingerprint density at radius 3 is 3.04 bits per heavy atom. The second-order valence-corrected chi connectivity index (χ2v) is 5.88. The van der Waals surface area contributed by atoms with Gasteiger partial charge in [-0.2, -0.15) is 13.2 Å². The zero-order valence-electron chi connectivity index (χ0n) is 14.2. The molecule has 9 heteroatoms. The van der Waals surface area contributed by atoms with E-state index in [0.717, 1.165) is 19.5 Å². The van der Waals surface area contributed by atoms with Crippen molar-refractivity contribution in [1.29, 1.82) is 0 Å². The van der Waals surface area contributed by atoms with Gasteiger partial charge in [0, 0.05) is 24.3 Å². The lowest BCUT2D eigenvalue weighted by molar-refractivity contribution is -0.154. The van der Waals surface area contributed by atoms with Crippen LogP contribution in [0.2, 0.25) is 0 Å². The summed E-state index contributed by atoms with van der Waals surface area (Å²) < 4.78 is 41.6. The fourth-order valence-corrected chi connectivity index (χ4v) is 2.82. The van der Waals surface area contributed by atoms with Crippen LogP contribution < -0.4 is 15.8 Å². The van der Waals surface area contributed by atoms with Gasteiger partial charge in [-0.15, -0.1) is 0 Å². The predicted octanol–water partition coefficient (Wildman–Crippen LogP) is 1.91. The van der Waals surface area contributed by atoms with Crippen molar-refractivity contribution in [2.75, 3.05) is 26.2 Å². The summed E-state index contributed by atoms with van der Waals surface area (Å²) in [5.41, 5.74) is 6.31. The zero-order valence-corrected chi connectivity index (χ0v) is 14.2. The lowest BCUT2D eigenvalue weighted by Gasteiger charge is -2.23. The summed E-state index contributed by atoms with van der Waals surface area (Å²) in [6.45, 7) is 3.63. The third kappa shape index (κ3) is 6.41. The van der Waals surface area contributed by atoms with Crippen LogP contribution in [0.15, 0.2) is 23.3 Å². The third-order valence-corrected chi connectivity index (χ3v) is 4.07. The maximum atomic E-state index is 12.3. The molecule has 0 amide bonds. The van der Waals surface area contributed by atoms with Gasteiger partial charge in [-0.05, 0) is 32.0 Å². The normalized spacial score (nSPS) is 19.2. The summed E-state index contributed by atoms with van der Waals surface area (Å²) in [5, 5.41) is 3.08. The van der Waals surface area contributed by atoms with Gasteiger partial charge >= 0.3 is 6.18 Å². The molecule has 1 saturated heterocycles. The Hall–Kier alpha value is -2.03. The van der Waals surface area contributed by atoms with Crippen LogP contribution in [0, 0.1) is 0 Å². The van der Waals surface area contributed by atoms with Crippen molar-refractivity contribution in [1.82, 2.24) is 15.2 Å². The molecule has 1 aromatic heterocycles. The van der Waals surface area contributed by atoms with E-state index < -0.39 is 12.8 Å². The lowest BCUT2D eigenvalue weighted by Crippen LogP contribution is -2.42. The van der Waals surface area contributed by atoms with Gasteiger partial charge in [-0.1, -0.05) is 13.0 Å². The van der Waals surface area contributed by atoms with Crippen LogP contribution in [0.1, 0.15) is 25.3 Å². The van der Waals surface area contributed by atoms with E-state index in [4.69, 9.17) is 10.5 Å². The number of halogens is 3. The minimum absolute atomic E-state index is 0.0793. The highest BCUT2D eigenvalue weighted by Gasteiger charge is 2.29. The fraction of sp³-hybridized carbons (Fsp3) is 0.625. The van der Waals surface area contributed by atoms with Gasteiger partial charge in [-0.25, -0.2) is 9.98 Å². The van der Waals surface area contributed by atoms with Gasteiger partial charge in [0.05, 0.1) is 6.54 Å². The first kappa shape index (κ1) is 19.3. The first-order chi connectivity index (χ1) is 11.9. The number of guanidine groups is 1. The molecule has 1 aliphatic rings. The van der Waals surface area contributed by atoms with Crippen molar-refractivity contribution in [3.05, 3.63) is 23.9 Å². The minimum Gasteiger partial charge on any atom is -0.468 e. The maximum absolute atomic E-state index is 12.3. The molecule has 0 radical (unpaired) electrons. The monoisotopic (exact) mass is 359 g/mol. The highest BCUT2D eigenvalue weighted by Crippen LogP contribution is 2.20. The Labute approximate surface area is 145 Å². The summed E-state index contributed by atoms with van der Waals surface area (Å²) in [7, 11) is 0. The number of alkyl halides is 3. The topological polar surface area (TPSA) is 75.8 Å². The summed E-state index contributed by atoms with van der Waals surface area (Å²) >= 11 is 0. The van der Waals surface area contributed by atoms with Gasteiger partial charge in [0.1, 0.15) is 0 Å². The van der Waals surface area contributed by atoms with E-state index >= 15 is 0 Å². The number of nitrogens with zero attached hydrogens (tertiary/aromatic N) is 3. The number of nitrogens with one attached hydrogen (secondary N) is 1. The molecule has 0 saturated carbocycles. The molecule has 1 atom stereocenters. The number of rotatable bonds is 7. The molecule has 6 nitrogen and oxygen atoms in total. The number of nitrogens with two attached hydrogens (primary N) is 1. The number of aliphatic imine (C=N–C) groups is 1. The number of ether oxygens (including phenoxy) is 1. The summed E-state index contributed by atoms with van der Waals surface area (Å²) in [5.74, 6) is 0.179. The molecule has 0 bridgehead atoms. The fourth-order valence-electron chi connectivity index (χ4n) is 2.82. The number of likely N-dealkylation sites (tertiary alicyclic amines) is 1. The Balaban J connectivity index is 1.87. The summed E-state index contributed by atoms with van der Waals surface area (Å²) in [4.78, 5) is 10.4. The molecule has 2 rings (SSSR count). The highest BCUT2D eigenvalue weighted by molar-refractivity contribution is 5.77. The second-order valence-electron chi connectivity index (χ2n) is 5.88. The molecular weight excluding hydrogens is 335 g/mol. The molecule has 140 valence electrons. The summed E-state index contributed by atoms with van der Waals surface area (Å²) in [6.07, 6.45) is -0.746. The Morgan fingerprint density at radius 1 is 1.52 bits per heavy atom. The first-order valence-corrected chi connectivity index (χ1v) is 8.30. The quantitative estimate of drug-likeness (QED) is 0.575. The van der Waals surface area contributed by atoms with E-state index in [1.54, 1.807) is 12.1 Å². The number of hydrogen-bond donors (Lipinski definition) is 2. The van der Waals surface area contributed by atoms with Crippen molar-refractivity contribution in [3.8, 4) is 5.88 Å². The molecule has 1 aliphatic heterocycles. The van der Waals surface area contributed by atoms with E-state index in [2.05, 4.69) is 27.1 Å². The molecular formula is C16H24F3N5O. The van der Waals surface area contributed by atoms with Crippen LogP contribution in [0.5, 0.6) is 5.88 Å². The standard InChI is InChI=1S/C16H24F3N5O/c1-2-24-8-4-6-13(24)10-23-15(20)22-9-12-5-3-7-21-14(12)25-11-16(17,18)19/h3,5,7,13H,2,4,6,8-11H2,1H3,(H3,20,22,23). The van der Waals surface area contributed by atoms with Crippen LogP contribution >= 0.6 is 0 Å². The van der Waals surface area contributed by atoms with Gasteiger partial charge in [0.2, 0.25) is 5.88 Å². The molecule has 0 spiro atoms. The van der Waals surface area contributed by atoms with Gasteiger partial charge in [-0.3, -0.25) is 4.90 Å². The first-order valence-electron chi connectivity index (χ1n) is 8.30. The van der Waals surface area contributed by atoms with Crippen molar-refractivity contribution >= 4 is 5.96 Å². The SMILES string of the molecule is CCN1CCCC1CNC(N)=NCc1cccnc1OCC(F)(F)F. The molecule has 0 aromatic carbocycles. The van der Waals surface area contributed by atoms with Gasteiger partial charge in [0.15, 0.2) is 12.6 Å². The van der Waals surface area contributed by atoms with Gasteiger partial charge < -0.3 is 15.8 Å². The van der Waals surface area contributed by atoms with Crippen LogP contribution in [0.25, 0.3) is 0 Å². The van der Waals surface area contributed by atoms with Crippen LogP contribution in [0.3, 0.4) is 0 Å². The smallest absolute Gasteiger partial charge is 0.422 e. The van der Waals surface area contributed by atoms with Gasteiger partial charge in [0.25, 0.3) is 0 Å². The summed E-state index contributed by atoms with van der Waals surface area (Å²) in [6, 6.07) is 3.67. The third-order valence-electron chi connectivity index (χ3n) is 4.07. The van der Waals surface area contributed by atoms with Crippen LogP contribution in [-0.4, -0.2) is 54.3 Å². The molecule has 1 fully saturated rings. The van der Waals surface area contributed by atoms with Crippen molar-refractivity contribution in [2.45, 2.75) is 38.5 Å².